The molecule has 7 heteroatoms. The number of benzene rings is 1. The van der Waals surface area contributed by atoms with E-state index in [1.165, 1.54) is 0 Å². The van der Waals surface area contributed by atoms with Gasteiger partial charge in [-0.3, -0.25) is 4.79 Å². The summed E-state index contributed by atoms with van der Waals surface area (Å²) in [6.07, 6.45) is 0. The van der Waals surface area contributed by atoms with Crippen LogP contribution in [0.4, 0.5) is 8.78 Å². The van der Waals surface area contributed by atoms with Crippen molar-refractivity contribution in [1.29, 1.82) is 0 Å². The first-order chi connectivity index (χ1) is 8.73. The molecule has 0 heterocycles. The highest BCUT2D eigenvalue weighted by Gasteiger charge is 2.27. The Morgan fingerprint density at radius 1 is 1.26 bits per heavy atom. The molecule has 0 aromatic heterocycles. The van der Waals surface area contributed by atoms with Crippen LogP contribution >= 0.6 is 15.9 Å². The highest BCUT2D eigenvalue weighted by molar-refractivity contribution is 9.10. The van der Waals surface area contributed by atoms with E-state index in [4.69, 9.17) is 5.11 Å². The maximum absolute atomic E-state index is 13.5. The molecule has 1 amide bonds. The Balaban J connectivity index is 3.05. The monoisotopic (exact) mass is 335 g/mol. The van der Waals surface area contributed by atoms with Crippen LogP contribution in [-0.4, -0.2) is 23.0 Å². The molecule has 0 saturated heterocycles. The van der Waals surface area contributed by atoms with Crippen molar-refractivity contribution in [3.05, 3.63) is 33.8 Å². The molecule has 19 heavy (non-hydrogen) atoms. The third-order valence-electron chi connectivity index (χ3n) is 2.45. The van der Waals surface area contributed by atoms with Crippen molar-refractivity contribution in [1.82, 2.24) is 5.32 Å². The summed E-state index contributed by atoms with van der Waals surface area (Å²) in [5, 5.41) is 11.0. The largest absolute Gasteiger partial charge is 0.480 e. The molecule has 0 saturated carbocycles. The summed E-state index contributed by atoms with van der Waals surface area (Å²) in [5.74, 6) is -4.89. The van der Waals surface area contributed by atoms with Crippen molar-refractivity contribution in [3.8, 4) is 0 Å². The Bertz CT molecular complexity index is 497. The van der Waals surface area contributed by atoms with E-state index in [1.54, 1.807) is 13.8 Å². The fraction of sp³-hybridized carbons (Fsp3) is 0.333. The lowest BCUT2D eigenvalue weighted by molar-refractivity contribution is -0.140. The first-order valence-electron chi connectivity index (χ1n) is 5.42. The highest BCUT2D eigenvalue weighted by atomic mass is 79.9. The molecule has 0 aliphatic carbocycles. The molecular weight excluding hydrogens is 324 g/mol. The quantitative estimate of drug-likeness (QED) is 0.888. The fourth-order valence-corrected chi connectivity index (χ4v) is 1.89. The number of amides is 1. The van der Waals surface area contributed by atoms with E-state index in [-0.39, 0.29) is 4.47 Å². The van der Waals surface area contributed by atoms with E-state index < -0.39 is 41.0 Å². The summed E-state index contributed by atoms with van der Waals surface area (Å²) in [6, 6.07) is 0.654. The number of nitrogens with one attached hydrogen (secondary N) is 1. The SMILES string of the molecule is CC(C)C(NC(=O)c1c(F)cc(Br)cc1F)C(=O)O. The van der Waals surface area contributed by atoms with Gasteiger partial charge in [0.2, 0.25) is 0 Å². The number of carboxylic acids is 1. The van der Waals surface area contributed by atoms with Crippen LogP contribution in [0.15, 0.2) is 16.6 Å². The lowest BCUT2D eigenvalue weighted by Gasteiger charge is -2.18. The second-order valence-electron chi connectivity index (χ2n) is 4.28. The summed E-state index contributed by atoms with van der Waals surface area (Å²) < 4.78 is 27.2. The normalized spacial score (nSPS) is 12.3. The number of aliphatic carboxylic acids is 1. The molecule has 0 aliphatic rings. The van der Waals surface area contributed by atoms with Crippen molar-refractivity contribution < 1.29 is 23.5 Å². The summed E-state index contributed by atoms with van der Waals surface area (Å²) in [7, 11) is 0. The van der Waals surface area contributed by atoms with E-state index in [0.717, 1.165) is 12.1 Å². The van der Waals surface area contributed by atoms with E-state index in [2.05, 4.69) is 21.2 Å². The molecule has 0 bridgehead atoms. The predicted octanol–water partition coefficient (Wildman–Crippen LogP) is 2.57. The zero-order valence-electron chi connectivity index (χ0n) is 10.2. The van der Waals surface area contributed by atoms with E-state index >= 15 is 0 Å². The Labute approximate surface area is 116 Å². The molecule has 1 rings (SSSR count). The Kier molecular flexibility index (Phi) is 4.99. The maximum Gasteiger partial charge on any atom is 0.326 e. The molecule has 0 fully saturated rings. The molecule has 0 aliphatic heterocycles. The third-order valence-corrected chi connectivity index (χ3v) is 2.91. The average Bonchev–Trinajstić information content (AvgIpc) is 2.23. The molecule has 0 spiro atoms. The molecular formula is C12H12BrF2NO3. The molecule has 1 aromatic carbocycles. The van der Waals surface area contributed by atoms with Gasteiger partial charge in [0.05, 0.1) is 0 Å². The molecule has 1 aromatic rings. The van der Waals surface area contributed by atoms with Gasteiger partial charge in [-0.15, -0.1) is 0 Å². The summed E-state index contributed by atoms with van der Waals surface area (Å²) in [5.41, 5.74) is -0.796. The maximum atomic E-state index is 13.5. The Morgan fingerprint density at radius 3 is 2.11 bits per heavy atom. The van der Waals surface area contributed by atoms with Crippen LogP contribution in [0.5, 0.6) is 0 Å². The Morgan fingerprint density at radius 2 is 1.74 bits per heavy atom. The topological polar surface area (TPSA) is 66.4 Å². The smallest absolute Gasteiger partial charge is 0.326 e. The van der Waals surface area contributed by atoms with Crippen molar-refractivity contribution in [3.63, 3.8) is 0 Å². The number of carbonyl (C=O) groups excluding carboxylic acids is 1. The minimum absolute atomic E-state index is 0.151. The molecule has 0 radical (unpaired) electrons. The van der Waals surface area contributed by atoms with Gasteiger partial charge in [-0.05, 0) is 18.1 Å². The zero-order chi connectivity index (χ0) is 14.7. The number of hydrogen-bond acceptors (Lipinski definition) is 2. The van der Waals surface area contributed by atoms with Crippen LogP contribution in [0.1, 0.15) is 24.2 Å². The number of carbonyl (C=O) groups is 2. The van der Waals surface area contributed by atoms with Gasteiger partial charge in [-0.2, -0.15) is 0 Å². The van der Waals surface area contributed by atoms with Gasteiger partial charge < -0.3 is 10.4 Å². The fourth-order valence-electron chi connectivity index (χ4n) is 1.49. The van der Waals surface area contributed by atoms with Gasteiger partial charge in [0, 0.05) is 4.47 Å². The van der Waals surface area contributed by atoms with E-state index in [1.807, 2.05) is 0 Å². The first kappa shape index (κ1) is 15.6. The van der Waals surface area contributed by atoms with Crippen LogP contribution in [0.3, 0.4) is 0 Å². The molecule has 2 N–H and O–H groups in total. The van der Waals surface area contributed by atoms with Crippen molar-refractivity contribution in [2.24, 2.45) is 5.92 Å². The third kappa shape index (κ3) is 3.73. The van der Waals surface area contributed by atoms with Crippen molar-refractivity contribution in [2.75, 3.05) is 0 Å². The summed E-state index contributed by atoms with van der Waals surface area (Å²) >= 11 is 2.89. The standard InChI is InChI=1S/C12H12BrF2NO3/c1-5(2)10(12(18)19)16-11(17)9-7(14)3-6(13)4-8(9)15/h3-5,10H,1-2H3,(H,16,17)(H,18,19). The van der Waals surface area contributed by atoms with Gasteiger partial charge in [0.25, 0.3) is 5.91 Å². The average molecular weight is 336 g/mol. The van der Waals surface area contributed by atoms with Crippen LogP contribution in [-0.2, 0) is 4.79 Å². The Hall–Kier alpha value is -1.50. The van der Waals surface area contributed by atoms with E-state index in [0.29, 0.717) is 0 Å². The number of hydrogen-bond donors (Lipinski definition) is 2. The van der Waals surface area contributed by atoms with Gasteiger partial charge in [-0.1, -0.05) is 29.8 Å². The second kappa shape index (κ2) is 6.10. The van der Waals surface area contributed by atoms with Gasteiger partial charge in [0.1, 0.15) is 23.2 Å². The lowest BCUT2D eigenvalue weighted by Crippen LogP contribution is -2.44. The molecule has 4 nitrogen and oxygen atoms in total. The van der Waals surface area contributed by atoms with Crippen LogP contribution < -0.4 is 5.32 Å². The first-order valence-corrected chi connectivity index (χ1v) is 6.21. The van der Waals surface area contributed by atoms with Crippen LogP contribution in [0.25, 0.3) is 0 Å². The number of rotatable bonds is 4. The van der Waals surface area contributed by atoms with Crippen LogP contribution in [0.2, 0.25) is 0 Å². The van der Waals surface area contributed by atoms with Crippen molar-refractivity contribution >= 4 is 27.8 Å². The molecule has 1 atom stereocenters. The molecule has 1 unspecified atom stereocenters. The summed E-state index contributed by atoms with van der Waals surface area (Å²) in [4.78, 5) is 22.7. The van der Waals surface area contributed by atoms with Gasteiger partial charge in [0.15, 0.2) is 0 Å². The zero-order valence-corrected chi connectivity index (χ0v) is 11.8. The van der Waals surface area contributed by atoms with E-state index in [9.17, 15) is 18.4 Å². The summed E-state index contributed by atoms with van der Waals surface area (Å²) in [6.45, 7) is 3.15. The lowest BCUT2D eigenvalue weighted by atomic mass is 10.0. The molecule has 104 valence electrons. The number of halogens is 3. The minimum Gasteiger partial charge on any atom is -0.480 e. The van der Waals surface area contributed by atoms with Crippen LogP contribution in [0, 0.1) is 17.6 Å². The minimum atomic E-state index is -1.26. The van der Waals surface area contributed by atoms with Gasteiger partial charge in [-0.25, -0.2) is 13.6 Å². The highest BCUT2D eigenvalue weighted by Crippen LogP contribution is 2.19. The van der Waals surface area contributed by atoms with Crippen molar-refractivity contribution in [2.45, 2.75) is 19.9 Å². The predicted molar refractivity (Wildman–Crippen MR) is 67.8 cm³/mol. The number of carboxylic acid groups (broad SMARTS) is 1. The van der Waals surface area contributed by atoms with Gasteiger partial charge >= 0.3 is 5.97 Å². The second-order valence-corrected chi connectivity index (χ2v) is 5.19.